The fourth-order valence-electron chi connectivity index (χ4n) is 4.44. The second kappa shape index (κ2) is 9.24. The van der Waals surface area contributed by atoms with Gasteiger partial charge in [0.1, 0.15) is 0 Å². The summed E-state index contributed by atoms with van der Waals surface area (Å²) in [7, 11) is 1.29. The number of H-pyrrole nitrogens is 1. The predicted molar refractivity (Wildman–Crippen MR) is 138 cm³/mol. The summed E-state index contributed by atoms with van der Waals surface area (Å²) in [5, 5.41) is 2.10. The largest absolute Gasteiger partial charge is 0.469 e. The zero-order valence-corrected chi connectivity index (χ0v) is 19.6. The number of benzene rings is 3. The molecular formula is C28H21ClN2O4. The van der Waals surface area contributed by atoms with Crippen LogP contribution in [0.15, 0.2) is 83.8 Å². The lowest BCUT2D eigenvalue weighted by atomic mass is 9.92. The van der Waals surface area contributed by atoms with Gasteiger partial charge in [0.25, 0.3) is 5.56 Å². The van der Waals surface area contributed by atoms with Crippen LogP contribution in [-0.2, 0) is 9.53 Å². The van der Waals surface area contributed by atoms with Gasteiger partial charge in [-0.05, 0) is 29.8 Å². The normalized spacial score (nSPS) is 11.1. The molecule has 0 atom stereocenters. The molecule has 5 aromatic rings. The lowest BCUT2D eigenvalue weighted by Gasteiger charge is -2.13. The summed E-state index contributed by atoms with van der Waals surface area (Å²) in [6, 6.07) is 22.4. The highest BCUT2D eigenvalue weighted by Crippen LogP contribution is 2.39. The van der Waals surface area contributed by atoms with Crippen LogP contribution >= 0.6 is 11.6 Å². The summed E-state index contributed by atoms with van der Waals surface area (Å²) in [5.41, 5.74) is 3.70. The van der Waals surface area contributed by atoms with E-state index in [2.05, 4.69) is 9.72 Å². The van der Waals surface area contributed by atoms with E-state index in [-0.39, 0.29) is 24.3 Å². The van der Waals surface area contributed by atoms with Crippen LogP contribution in [0.4, 0.5) is 0 Å². The third-order valence-corrected chi connectivity index (χ3v) is 6.29. The average molecular weight is 485 g/mol. The van der Waals surface area contributed by atoms with Crippen molar-refractivity contribution in [3.05, 3.63) is 94.4 Å². The van der Waals surface area contributed by atoms with E-state index in [0.29, 0.717) is 27.2 Å². The van der Waals surface area contributed by atoms with Crippen molar-refractivity contribution in [2.45, 2.75) is 12.8 Å². The number of esters is 1. The Morgan fingerprint density at radius 3 is 2.43 bits per heavy atom. The molecule has 6 nitrogen and oxygen atoms in total. The molecular weight excluding hydrogens is 464 g/mol. The monoisotopic (exact) mass is 484 g/mol. The Balaban J connectivity index is 1.80. The molecule has 0 fully saturated rings. The summed E-state index contributed by atoms with van der Waals surface area (Å²) in [6.45, 7) is 0. The van der Waals surface area contributed by atoms with Gasteiger partial charge < -0.3 is 9.72 Å². The van der Waals surface area contributed by atoms with Gasteiger partial charge in [0.15, 0.2) is 0 Å². The number of rotatable bonds is 5. The Bertz CT molecular complexity index is 1650. The van der Waals surface area contributed by atoms with Crippen molar-refractivity contribution < 1.29 is 14.3 Å². The van der Waals surface area contributed by atoms with Gasteiger partial charge in [0.05, 0.1) is 24.6 Å². The van der Waals surface area contributed by atoms with Gasteiger partial charge in [0.2, 0.25) is 5.91 Å². The number of nitrogens with zero attached hydrogens (tertiary/aromatic N) is 1. The Hall–Kier alpha value is -4.16. The molecule has 1 N–H and O–H groups in total. The van der Waals surface area contributed by atoms with Gasteiger partial charge in [-0.15, -0.1) is 0 Å². The van der Waals surface area contributed by atoms with Crippen molar-refractivity contribution in [3.63, 3.8) is 0 Å². The van der Waals surface area contributed by atoms with Gasteiger partial charge in [-0.25, -0.2) is 0 Å². The highest BCUT2D eigenvalue weighted by atomic mass is 35.5. The van der Waals surface area contributed by atoms with Crippen molar-refractivity contribution in [2.24, 2.45) is 0 Å². The van der Waals surface area contributed by atoms with Crippen LogP contribution in [0.25, 0.3) is 44.1 Å². The second-order valence-electron chi connectivity index (χ2n) is 8.16. The number of aromatic nitrogens is 2. The smallest absolute Gasteiger partial charge is 0.306 e. The number of hydrogen-bond acceptors (Lipinski definition) is 4. The minimum Gasteiger partial charge on any atom is -0.469 e. The highest BCUT2D eigenvalue weighted by Gasteiger charge is 2.22. The first-order valence-corrected chi connectivity index (χ1v) is 11.5. The first-order chi connectivity index (χ1) is 17.0. The number of ether oxygens (including phenoxy) is 1. The Kier molecular flexibility index (Phi) is 5.97. The molecule has 2 aromatic heterocycles. The van der Waals surface area contributed by atoms with E-state index in [1.807, 2.05) is 60.7 Å². The number of pyridine rings is 1. The molecule has 0 amide bonds. The van der Waals surface area contributed by atoms with Crippen molar-refractivity contribution in [1.29, 1.82) is 0 Å². The quantitative estimate of drug-likeness (QED) is 0.307. The standard InChI is InChI=1S/C28H21ClN2O4/c1-35-25(33)14-13-24(32)31-16-21(19-9-5-6-10-23(19)31)27-26(17-7-3-2-4-8-17)20-15-18(29)11-12-22(20)30-28(27)34/h2-12,15-16H,13-14H2,1H3,(H,30,34). The van der Waals surface area contributed by atoms with E-state index in [9.17, 15) is 14.4 Å². The van der Waals surface area contributed by atoms with E-state index in [1.54, 1.807) is 18.3 Å². The maximum atomic E-state index is 13.5. The molecule has 35 heavy (non-hydrogen) atoms. The fourth-order valence-corrected chi connectivity index (χ4v) is 4.62. The first-order valence-electron chi connectivity index (χ1n) is 11.1. The molecule has 5 rings (SSSR count). The minimum atomic E-state index is -0.454. The van der Waals surface area contributed by atoms with Crippen LogP contribution in [0.3, 0.4) is 0 Å². The molecule has 2 heterocycles. The molecule has 3 aromatic carbocycles. The Morgan fingerprint density at radius 2 is 1.66 bits per heavy atom. The lowest BCUT2D eigenvalue weighted by molar-refractivity contribution is -0.140. The predicted octanol–water partition coefficient (Wildman–Crippen LogP) is 6.06. The molecule has 0 unspecified atom stereocenters. The maximum absolute atomic E-state index is 13.5. The number of nitrogens with one attached hydrogen (secondary N) is 1. The molecule has 0 saturated heterocycles. The minimum absolute atomic E-state index is 0.0139. The van der Waals surface area contributed by atoms with Crippen molar-refractivity contribution in [3.8, 4) is 22.3 Å². The number of methoxy groups -OCH3 is 1. The van der Waals surface area contributed by atoms with Gasteiger partial charge in [-0.2, -0.15) is 0 Å². The third kappa shape index (κ3) is 4.13. The van der Waals surface area contributed by atoms with E-state index in [0.717, 1.165) is 21.9 Å². The number of aromatic amines is 1. The van der Waals surface area contributed by atoms with Crippen molar-refractivity contribution in [1.82, 2.24) is 9.55 Å². The number of halogens is 1. The second-order valence-corrected chi connectivity index (χ2v) is 8.60. The van der Waals surface area contributed by atoms with Crippen molar-refractivity contribution >= 4 is 45.3 Å². The zero-order valence-electron chi connectivity index (χ0n) is 18.9. The van der Waals surface area contributed by atoms with Crippen LogP contribution in [0.1, 0.15) is 17.6 Å². The summed E-state index contributed by atoms with van der Waals surface area (Å²) < 4.78 is 6.18. The van der Waals surface area contributed by atoms with Gasteiger partial charge in [-0.1, -0.05) is 60.1 Å². The summed E-state index contributed by atoms with van der Waals surface area (Å²) in [4.78, 5) is 41.2. The van der Waals surface area contributed by atoms with Crippen LogP contribution in [0.2, 0.25) is 5.02 Å². The Morgan fingerprint density at radius 1 is 0.914 bits per heavy atom. The van der Waals surface area contributed by atoms with Crippen molar-refractivity contribution in [2.75, 3.05) is 7.11 Å². The molecule has 0 aliphatic rings. The van der Waals surface area contributed by atoms with E-state index in [1.165, 1.54) is 11.7 Å². The Labute approximate surface area is 205 Å². The third-order valence-electron chi connectivity index (χ3n) is 6.06. The van der Waals surface area contributed by atoms with Gasteiger partial charge in [-0.3, -0.25) is 19.0 Å². The fraction of sp³-hybridized carbons (Fsp3) is 0.107. The van der Waals surface area contributed by atoms with Crippen LogP contribution in [-0.4, -0.2) is 28.5 Å². The SMILES string of the molecule is COC(=O)CCC(=O)n1cc(-c2c(-c3ccccc3)c3cc(Cl)ccc3[nH]c2=O)c2ccccc21. The molecule has 0 spiro atoms. The summed E-state index contributed by atoms with van der Waals surface area (Å²) in [5.74, 6) is -0.719. The number of fused-ring (bicyclic) bond motifs is 2. The molecule has 0 bridgehead atoms. The number of carbonyl (C=O) groups is 2. The van der Waals surface area contributed by atoms with Crippen LogP contribution < -0.4 is 5.56 Å². The first kappa shape index (κ1) is 22.6. The average Bonchev–Trinajstić information content (AvgIpc) is 3.26. The lowest BCUT2D eigenvalue weighted by Crippen LogP contribution is -2.13. The summed E-state index contributed by atoms with van der Waals surface area (Å²) in [6.07, 6.45) is 1.64. The highest BCUT2D eigenvalue weighted by molar-refractivity contribution is 6.31. The number of para-hydroxylation sites is 1. The van der Waals surface area contributed by atoms with Gasteiger partial charge >= 0.3 is 5.97 Å². The van der Waals surface area contributed by atoms with E-state index in [4.69, 9.17) is 11.6 Å². The molecule has 0 aliphatic heterocycles. The maximum Gasteiger partial charge on any atom is 0.306 e. The molecule has 0 aliphatic carbocycles. The zero-order chi connectivity index (χ0) is 24.5. The number of hydrogen-bond donors (Lipinski definition) is 1. The molecule has 7 heteroatoms. The van der Waals surface area contributed by atoms with E-state index >= 15 is 0 Å². The molecule has 174 valence electrons. The topological polar surface area (TPSA) is 81.2 Å². The van der Waals surface area contributed by atoms with E-state index < -0.39 is 5.97 Å². The van der Waals surface area contributed by atoms with Gasteiger partial charge in [0, 0.05) is 45.1 Å². The summed E-state index contributed by atoms with van der Waals surface area (Å²) >= 11 is 6.35. The van der Waals surface area contributed by atoms with Crippen LogP contribution in [0, 0.1) is 0 Å². The molecule has 0 radical (unpaired) electrons. The number of carbonyl (C=O) groups excluding carboxylic acids is 2. The molecule has 0 saturated carbocycles. The van der Waals surface area contributed by atoms with Crippen LogP contribution in [0.5, 0.6) is 0 Å².